The van der Waals surface area contributed by atoms with Crippen LogP contribution in [0.5, 0.6) is 11.5 Å². The highest BCUT2D eigenvalue weighted by atomic mass is 79.9. The molecule has 4 unspecified atom stereocenters. The summed E-state index contributed by atoms with van der Waals surface area (Å²) in [6, 6.07) is 19.7. The van der Waals surface area contributed by atoms with Gasteiger partial charge in [0, 0.05) is 28.5 Å². The zero-order valence-electron chi connectivity index (χ0n) is 22.7. The molecular weight excluding hydrogens is 596 g/mol. The summed E-state index contributed by atoms with van der Waals surface area (Å²) in [5.74, 6) is 0.168. The summed E-state index contributed by atoms with van der Waals surface area (Å²) < 4.78 is 45.2. The van der Waals surface area contributed by atoms with Gasteiger partial charge in [0.25, 0.3) is 10.1 Å². The molecule has 0 spiro atoms. The molecule has 3 aromatic carbocycles. The van der Waals surface area contributed by atoms with E-state index in [4.69, 9.17) is 13.7 Å². The molecule has 40 heavy (non-hydrogen) atoms. The molecule has 10 heteroatoms. The van der Waals surface area contributed by atoms with Crippen LogP contribution in [0.25, 0.3) is 0 Å². The Morgan fingerprint density at radius 2 is 1.68 bits per heavy atom. The molecule has 4 atom stereocenters. The molecule has 0 N–H and O–H groups in total. The van der Waals surface area contributed by atoms with Gasteiger partial charge in [-0.25, -0.2) is 4.18 Å². The Morgan fingerprint density at radius 1 is 1.00 bits per heavy atom. The monoisotopic (exact) mass is 626 g/mol. The van der Waals surface area contributed by atoms with E-state index in [9.17, 15) is 13.2 Å². The SMILES string of the molecule is Cc1ccc(S(=O)(=O)OC2C3C(C(=O)N2Cc2ccc4c(c2)OCO4)C(c2ccc(Br)cc2)N(C)C3(C)C)cc1. The lowest BCUT2D eigenvalue weighted by molar-refractivity contribution is -0.137. The molecule has 0 aromatic heterocycles. The number of likely N-dealkylation sites (tertiary alicyclic amines) is 2. The normalized spacial score (nSPS) is 25.4. The molecule has 3 aliphatic rings. The van der Waals surface area contributed by atoms with Crippen molar-refractivity contribution in [2.75, 3.05) is 13.8 Å². The number of halogens is 1. The number of aryl methyl sites for hydroxylation is 1. The number of hydrogen-bond acceptors (Lipinski definition) is 7. The number of ether oxygens (including phenoxy) is 2. The van der Waals surface area contributed by atoms with Gasteiger partial charge in [-0.05, 0) is 75.3 Å². The van der Waals surface area contributed by atoms with E-state index >= 15 is 0 Å². The Hall–Kier alpha value is -2.92. The maximum atomic E-state index is 14.3. The van der Waals surface area contributed by atoms with Crippen LogP contribution in [-0.4, -0.2) is 49.7 Å². The van der Waals surface area contributed by atoms with Crippen LogP contribution in [0.3, 0.4) is 0 Å². The van der Waals surface area contributed by atoms with Gasteiger partial charge in [0.2, 0.25) is 12.7 Å². The molecule has 0 saturated carbocycles. The summed E-state index contributed by atoms with van der Waals surface area (Å²) in [5.41, 5.74) is 2.17. The van der Waals surface area contributed by atoms with Crippen LogP contribution in [0.1, 0.15) is 36.6 Å². The fourth-order valence-electron chi connectivity index (χ4n) is 6.29. The van der Waals surface area contributed by atoms with Crippen LogP contribution in [0.15, 0.2) is 76.1 Å². The van der Waals surface area contributed by atoms with Crippen molar-refractivity contribution in [3.8, 4) is 11.5 Å². The third kappa shape index (κ3) is 4.51. The number of carbonyl (C=O) groups is 1. The van der Waals surface area contributed by atoms with Crippen LogP contribution < -0.4 is 9.47 Å². The largest absolute Gasteiger partial charge is 0.454 e. The van der Waals surface area contributed by atoms with Gasteiger partial charge in [-0.3, -0.25) is 9.69 Å². The topological polar surface area (TPSA) is 85.4 Å². The Kier molecular flexibility index (Phi) is 6.72. The first kappa shape index (κ1) is 27.3. The molecule has 6 rings (SSSR count). The third-order valence-corrected chi connectivity index (χ3v) is 10.4. The summed E-state index contributed by atoms with van der Waals surface area (Å²) in [6.07, 6.45) is -1.01. The Balaban J connectivity index is 1.42. The van der Waals surface area contributed by atoms with E-state index in [0.29, 0.717) is 11.5 Å². The minimum Gasteiger partial charge on any atom is -0.454 e. The first-order chi connectivity index (χ1) is 19.0. The fourth-order valence-corrected chi connectivity index (χ4v) is 7.62. The van der Waals surface area contributed by atoms with E-state index in [-0.39, 0.29) is 30.2 Å². The lowest BCUT2D eigenvalue weighted by atomic mass is 9.81. The van der Waals surface area contributed by atoms with Gasteiger partial charge in [0.1, 0.15) is 0 Å². The van der Waals surface area contributed by atoms with Crippen LogP contribution in [0, 0.1) is 18.8 Å². The highest BCUT2D eigenvalue weighted by Gasteiger charge is 2.65. The molecular formula is C30H31BrN2O6S. The highest BCUT2D eigenvalue weighted by Crippen LogP contribution is 2.56. The number of fused-ring (bicyclic) bond motifs is 2. The molecule has 3 aromatic rings. The van der Waals surface area contributed by atoms with E-state index in [1.807, 2.05) is 50.4 Å². The first-order valence-electron chi connectivity index (χ1n) is 13.1. The van der Waals surface area contributed by atoms with Crippen LogP contribution >= 0.6 is 15.9 Å². The number of benzene rings is 3. The van der Waals surface area contributed by atoms with E-state index in [1.165, 1.54) is 12.1 Å². The molecule has 210 valence electrons. The van der Waals surface area contributed by atoms with Gasteiger partial charge < -0.3 is 14.4 Å². The zero-order valence-corrected chi connectivity index (χ0v) is 25.1. The molecule has 2 saturated heterocycles. The minimum absolute atomic E-state index is 0.0608. The third-order valence-electron chi connectivity index (χ3n) is 8.59. The van der Waals surface area contributed by atoms with Gasteiger partial charge in [-0.2, -0.15) is 8.42 Å². The van der Waals surface area contributed by atoms with Gasteiger partial charge >= 0.3 is 0 Å². The molecule has 1 amide bonds. The number of rotatable bonds is 6. The number of carbonyl (C=O) groups excluding carboxylic acids is 1. The summed E-state index contributed by atoms with van der Waals surface area (Å²) in [7, 11) is -2.18. The molecule has 8 nitrogen and oxygen atoms in total. The molecule has 3 heterocycles. The average Bonchev–Trinajstić information content (AvgIpc) is 3.54. The number of hydrogen-bond donors (Lipinski definition) is 0. The maximum Gasteiger partial charge on any atom is 0.298 e. The lowest BCUT2D eigenvalue weighted by Gasteiger charge is -2.39. The van der Waals surface area contributed by atoms with Gasteiger partial charge in [0.15, 0.2) is 17.7 Å². The Morgan fingerprint density at radius 3 is 2.38 bits per heavy atom. The highest BCUT2D eigenvalue weighted by molar-refractivity contribution is 9.10. The smallest absolute Gasteiger partial charge is 0.298 e. The van der Waals surface area contributed by atoms with Crippen molar-refractivity contribution < 1.29 is 26.9 Å². The maximum absolute atomic E-state index is 14.3. The average molecular weight is 628 g/mol. The molecule has 3 aliphatic heterocycles. The van der Waals surface area contributed by atoms with Crippen LogP contribution in [0.2, 0.25) is 0 Å². The second kappa shape index (κ2) is 9.87. The molecule has 0 aliphatic carbocycles. The molecule has 0 bridgehead atoms. The number of amides is 1. The van der Waals surface area contributed by atoms with Crippen molar-refractivity contribution in [2.45, 2.75) is 50.0 Å². The van der Waals surface area contributed by atoms with Gasteiger partial charge in [0.05, 0.1) is 10.8 Å². The molecule has 0 radical (unpaired) electrons. The van der Waals surface area contributed by atoms with E-state index in [0.717, 1.165) is 21.2 Å². The quantitative estimate of drug-likeness (QED) is 0.345. The van der Waals surface area contributed by atoms with Crippen LogP contribution in [-0.2, 0) is 25.6 Å². The summed E-state index contributed by atoms with van der Waals surface area (Å²) in [6.45, 7) is 6.31. The molecule has 2 fully saturated rings. The predicted molar refractivity (Wildman–Crippen MR) is 152 cm³/mol. The standard InChI is InChI=1S/C30H31BrN2O6S/c1-18-5-12-22(13-6-18)40(35,36)39-29-26-25(27(32(4)30(26,2)3)20-8-10-21(31)11-9-20)28(34)33(29)16-19-7-14-23-24(15-19)38-17-37-23/h5-15,25-27,29H,16-17H2,1-4H3. The van der Waals surface area contributed by atoms with Gasteiger partial charge in [-0.15, -0.1) is 0 Å². The second-order valence-corrected chi connectivity index (χ2v) is 13.7. The van der Waals surface area contributed by atoms with Crippen molar-refractivity contribution in [2.24, 2.45) is 11.8 Å². The van der Waals surface area contributed by atoms with Crippen molar-refractivity contribution >= 4 is 32.0 Å². The van der Waals surface area contributed by atoms with Crippen molar-refractivity contribution in [1.29, 1.82) is 0 Å². The van der Waals surface area contributed by atoms with Gasteiger partial charge in [-0.1, -0.05) is 51.8 Å². The lowest BCUT2D eigenvalue weighted by Crippen LogP contribution is -2.49. The number of nitrogens with zero attached hydrogens (tertiary/aromatic N) is 2. The summed E-state index contributed by atoms with van der Waals surface area (Å²) >= 11 is 3.50. The summed E-state index contributed by atoms with van der Waals surface area (Å²) in [4.78, 5) is 18.2. The zero-order chi connectivity index (χ0) is 28.4. The Labute approximate surface area is 243 Å². The summed E-state index contributed by atoms with van der Waals surface area (Å²) in [5, 5.41) is 0. The van der Waals surface area contributed by atoms with E-state index < -0.39 is 33.7 Å². The van der Waals surface area contributed by atoms with E-state index in [2.05, 4.69) is 34.7 Å². The van der Waals surface area contributed by atoms with E-state index in [1.54, 1.807) is 23.1 Å². The van der Waals surface area contributed by atoms with Crippen molar-refractivity contribution in [3.05, 3.63) is 87.9 Å². The van der Waals surface area contributed by atoms with Crippen molar-refractivity contribution in [3.63, 3.8) is 0 Å². The van der Waals surface area contributed by atoms with Crippen LogP contribution in [0.4, 0.5) is 0 Å². The minimum atomic E-state index is -4.18. The second-order valence-electron chi connectivity index (χ2n) is 11.2. The fraction of sp³-hybridized carbons (Fsp3) is 0.367. The Bertz CT molecular complexity index is 1560. The predicted octanol–water partition coefficient (Wildman–Crippen LogP) is 5.26. The first-order valence-corrected chi connectivity index (χ1v) is 15.3. The van der Waals surface area contributed by atoms with Crippen molar-refractivity contribution in [1.82, 2.24) is 9.80 Å².